The van der Waals surface area contributed by atoms with Crippen molar-refractivity contribution in [2.75, 3.05) is 17.1 Å². The maximum Gasteiger partial charge on any atom is 0.244 e. The molecule has 1 aliphatic carbocycles. The number of aryl methyl sites for hydroxylation is 1. The van der Waals surface area contributed by atoms with Crippen LogP contribution in [0.25, 0.3) is 0 Å². The van der Waals surface area contributed by atoms with Gasteiger partial charge in [0, 0.05) is 22.6 Å². The number of amides is 2. The zero-order valence-corrected chi connectivity index (χ0v) is 23.2. The number of halogens is 2. The van der Waals surface area contributed by atoms with Crippen LogP contribution in [0.5, 0.6) is 0 Å². The quantitative estimate of drug-likeness (QED) is 0.451. The molecule has 0 aliphatic heterocycles. The van der Waals surface area contributed by atoms with Crippen LogP contribution in [-0.2, 0) is 26.2 Å². The van der Waals surface area contributed by atoms with Crippen LogP contribution in [0.2, 0.25) is 10.0 Å². The lowest BCUT2D eigenvalue weighted by Crippen LogP contribution is -2.53. The van der Waals surface area contributed by atoms with Crippen LogP contribution in [0, 0.1) is 6.92 Å². The first-order chi connectivity index (χ1) is 17.0. The molecule has 2 aromatic carbocycles. The lowest BCUT2D eigenvalue weighted by molar-refractivity contribution is -0.140. The molecule has 0 aromatic heterocycles. The van der Waals surface area contributed by atoms with Crippen LogP contribution >= 0.6 is 23.2 Å². The third-order valence-corrected chi connectivity index (χ3v) is 8.43. The van der Waals surface area contributed by atoms with Gasteiger partial charge in [0.15, 0.2) is 0 Å². The third-order valence-electron chi connectivity index (χ3n) is 6.51. The SMILES string of the molecule is CCC(C(=O)NC1CCCC1)N(Cc1ccccc1Cl)C(=O)CN(c1ccc(C)c(Cl)c1)S(C)(=O)=O. The van der Waals surface area contributed by atoms with Crippen molar-refractivity contribution in [2.24, 2.45) is 0 Å². The Labute approximate surface area is 223 Å². The van der Waals surface area contributed by atoms with E-state index in [2.05, 4.69) is 5.32 Å². The molecule has 0 saturated heterocycles. The van der Waals surface area contributed by atoms with Crippen LogP contribution in [0.1, 0.15) is 50.2 Å². The number of benzene rings is 2. The van der Waals surface area contributed by atoms with Crippen LogP contribution < -0.4 is 9.62 Å². The minimum Gasteiger partial charge on any atom is -0.352 e. The van der Waals surface area contributed by atoms with Crippen molar-refractivity contribution in [1.82, 2.24) is 10.2 Å². The highest BCUT2D eigenvalue weighted by Crippen LogP contribution is 2.26. The molecule has 10 heteroatoms. The fraction of sp³-hybridized carbons (Fsp3) is 0.462. The molecule has 1 atom stereocenters. The number of sulfonamides is 1. The van der Waals surface area contributed by atoms with E-state index in [1.54, 1.807) is 36.4 Å². The van der Waals surface area contributed by atoms with Crippen molar-refractivity contribution >= 4 is 50.7 Å². The topological polar surface area (TPSA) is 86.8 Å². The zero-order chi connectivity index (χ0) is 26.5. The molecule has 0 bridgehead atoms. The second kappa shape index (κ2) is 12.3. The lowest BCUT2D eigenvalue weighted by Gasteiger charge is -2.33. The van der Waals surface area contributed by atoms with Crippen LogP contribution in [0.4, 0.5) is 5.69 Å². The summed E-state index contributed by atoms with van der Waals surface area (Å²) in [5.74, 6) is -0.750. The van der Waals surface area contributed by atoms with E-state index in [1.807, 2.05) is 13.8 Å². The van der Waals surface area contributed by atoms with Gasteiger partial charge in [-0.1, -0.05) is 67.2 Å². The Bertz CT molecular complexity index is 1200. The molecule has 7 nitrogen and oxygen atoms in total. The molecule has 36 heavy (non-hydrogen) atoms. The standard InChI is InChI=1S/C26H33Cl2N3O4S/c1-4-24(26(33)29-20-10-6-7-11-20)30(16-19-9-5-8-12-22(19)27)25(32)17-31(36(3,34)35)21-14-13-18(2)23(28)15-21/h5,8-9,12-15,20,24H,4,6-7,10-11,16-17H2,1-3H3,(H,29,33). The Kier molecular flexibility index (Phi) is 9.66. The Balaban J connectivity index is 1.94. The number of nitrogens with zero attached hydrogens (tertiary/aromatic N) is 2. The molecule has 0 spiro atoms. The molecule has 1 saturated carbocycles. The number of carbonyl (C=O) groups excluding carboxylic acids is 2. The summed E-state index contributed by atoms with van der Waals surface area (Å²) >= 11 is 12.6. The maximum atomic E-state index is 13.7. The number of hydrogen-bond donors (Lipinski definition) is 1. The Morgan fingerprint density at radius 1 is 1.08 bits per heavy atom. The van der Waals surface area contributed by atoms with Crippen molar-refractivity contribution in [1.29, 1.82) is 0 Å². The Morgan fingerprint density at radius 2 is 1.75 bits per heavy atom. The molecule has 0 radical (unpaired) electrons. The summed E-state index contributed by atoms with van der Waals surface area (Å²) in [7, 11) is -3.83. The summed E-state index contributed by atoms with van der Waals surface area (Å²) in [4.78, 5) is 28.5. The van der Waals surface area contributed by atoms with Gasteiger partial charge in [0.1, 0.15) is 12.6 Å². The van der Waals surface area contributed by atoms with E-state index in [9.17, 15) is 18.0 Å². The molecular weight excluding hydrogens is 521 g/mol. The normalized spacial score (nSPS) is 14.9. The van der Waals surface area contributed by atoms with E-state index in [4.69, 9.17) is 23.2 Å². The maximum absolute atomic E-state index is 13.7. The first-order valence-electron chi connectivity index (χ1n) is 12.1. The van der Waals surface area contributed by atoms with Gasteiger partial charge < -0.3 is 10.2 Å². The van der Waals surface area contributed by atoms with Crippen molar-refractivity contribution in [2.45, 2.75) is 64.6 Å². The fourth-order valence-electron chi connectivity index (χ4n) is 4.45. The number of rotatable bonds is 10. The van der Waals surface area contributed by atoms with E-state index in [1.165, 1.54) is 11.0 Å². The van der Waals surface area contributed by atoms with Gasteiger partial charge >= 0.3 is 0 Å². The minimum atomic E-state index is -3.83. The van der Waals surface area contributed by atoms with Gasteiger partial charge in [0.05, 0.1) is 11.9 Å². The van der Waals surface area contributed by atoms with Crippen molar-refractivity contribution in [3.05, 3.63) is 63.6 Å². The van der Waals surface area contributed by atoms with E-state index in [0.717, 1.165) is 41.8 Å². The number of hydrogen-bond acceptors (Lipinski definition) is 4. The first kappa shape index (κ1) is 28.3. The van der Waals surface area contributed by atoms with Gasteiger partial charge in [0.2, 0.25) is 21.8 Å². The van der Waals surface area contributed by atoms with Gasteiger partial charge in [-0.05, 0) is 55.5 Å². The van der Waals surface area contributed by atoms with E-state index in [-0.39, 0.29) is 24.2 Å². The predicted molar refractivity (Wildman–Crippen MR) is 145 cm³/mol. The monoisotopic (exact) mass is 553 g/mol. The van der Waals surface area contributed by atoms with Crippen LogP contribution in [-0.4, -0.2) is 50.0 Å². The zero-order valence-electron chi connectivity index (χ0n) is 20.8. The second-order valence-electron chi connectivity index (χ2n) is 9.23. The molecule has 0 heterocycles. The average molecular weight is 555 g/mol. The second-order valence-corrected chi connectivity index (χ2v) is 12.0. The van der Waals surface area contributed by atoms with Crippen molar-refractivity contribution in [3.8, 4) is 0 Å². The number of anilines is 1. The van der Waals surface area contributed by atoms with Gasteiger partial charge in [-0.15, -0.1) is 0 Å². The van der Waals surface area contributed by atoms with E-state index >= 15 is 0 Å². The van der Waals surface area contributed by atoms with Gasteiger partial charge in [-0.3, -0.25) is 13.9 Å². The summed E-state index contributed by atoms with van der Waals surface area (Å²) < 4.78 is 26.4. The largest absolute Gasteiger partial charge is 0.352 e. The molecule has 1 fully saturated rings. The van der Waals surface area contributed by atoms with Crippen LogP contribution in [0.15, 0.2) is 42.5 Å². The summed E-state index contributed by atoms with van der Waals surface area (Å²) in [6.45, 7) is 3.24. The summed E-state index contributed by atoms with van der Waals surface area (Å²) in [6.07, 6.45) is 5.35. The number of nitrogens with one attached hydrogen (secondary N) is 1. The van der Waals surface area contributed by atoms with Gasteiger partial charge in [-0.25, -0.2) is 8.42 Å². The Hall–Kier alpha value is -2.29. The summed E-state index contributed by atoms with van der Waals surface area (Å²) in [5, 5.41) is 3.94. The summed E-state index contributed by atoms with van der Waals surface area (Å²) in [6, 6.07) is 11.2. The molecule has 1 N–H and O–H groups in total. The van der Waals surface area contributed by atoms with E-state index in [0.29, 0.717) is 22.0 Å². The molecule has 2 amide bonds. The molecule has 1 aliphatic rings. The lowest BCUT2D eigenvalue weighted by atomic mass is 10.1. The van der Waals surface area contributed by atoms with Crippen molar-refractivity contribution in [3.63, 3.8) is 0 Å². The fourth-order valence-corrected chi connectivity index (χ4v) is 5.66. The van der Waals surface area contributed by atoms with Gasteiger partial charge in [0.25, 0.3) is 0 Å². The first-order valence-corrected chi connectivity index (χ1v) is 14.7. The van der Waals surface area contributed by atoms with Crippen molar-refractivity contribution < 1.29 is 18.0 Å². The predicted octanol–water partition coefficient (Wildman–Crippen LogP) is 4.93. The minimum absolute atomic E-state index is 0.0708. The Morgan fingerprint density at radius 3 is 2.33 bits per heavy atom. The molecule has 1 unspecified atom stereocenters. The number of carbonyl (C=O) groups is 2. The van der Waals surface area contributed by atoms with Crippen LogP contribution in [0.3, 0.4) is 0 Å². The highest BCUT2D eigenvalue weighted by atomic mass is 35.5. The smallest absolute Gasteiger partial charge is 0.244 e. The van der Waals surface area contributed by atoms with E-state index < -0.39 is 28.5 Å². The molecular formula is C26H33Cl2N3O4S. The highest BCUT2D eigenvalue weighted by Gasteiger charge is 2.33. The summed E-state index contributed by atoms with van der Waals surface area (Å²) in [5.41, 5.74) is 1.74. The molecule has 2 aromatic rings. The highest BCUT2D eigenvalue weighted by molar-refractivity contribution is 7.92. The average Bonchev–Trinajstić information content (AvgIpc) is 3.32. The molecule has 196 valence electrons. The van der Waals surface area contributed by atoms with Gasteiger partial charge in [-0.2, -0.15) is 0 Å². The molecule has 3 rings (SSSR count). The third kappa shape index (κ3) is 7.14.